The Labute approximate surface area is 99.4 Å². The largest absolute Gasteiger partial charge is 0.493 e. The third kappa shape index (κ3) is 3.16. The molecule has 0 amide bonds. The van der Waals surface area contributed by atoms with E-state index >= 15 is 0 Å². The van der Waals surface area contributed by atoms with Crippen molar-refractivity contribution < 1.29 is 9.47 Å². The van der Waals surface area contributed by atoms with Gasteiger partial charge in [-0.2, -0.15) is 17.0 Å². The van der Waals surface area contributed by atoms with Gasteiger partial charge in [0.15, 0.2) is 0 Å². The molecule has 0 bridgehead atoms. The number of nitriles is 1. The van der Waals surface area contributed by atoms with E-state index in [1.807, 2.05) is 23.9 Å². The summed E-state index contributed by atoms with van der Waals surface area (Å²) in [6, 6.07) is 9.27. The van der Waals surface area contributed by atoms with Crippen molar-refractivity contribution in [2.45, 2.75) is 5.25 Å². The maximum atomic E-state index is 8.63. The van der Waals surface area contributed by atoms with Crippen molar-refractivity contribution in [3.63, 3.8) is 0 Å². The predicted octanol–water partition coefficient (Wildman–Crippen LogP) is 2.07. The fraction of sp³-hybridized carbons (Fsp3) is 0.417. The lowest BCUT2D eigenvalue weighted by atomic mass is 10.2. The van der Waals surface area contributed by atoms with Gasteiger partial charge in [0.25, 0.3) is 0 Å². The summed E-state index contributed by atoms with van der Waals surface area (Å²) >= 11 is 1.89. The van der Waals surface area contributed by atoms with E-state index in [2.05, 4.69) is 6.07 Å². The predicted molar refractivity (Wildman–Crippen MR) is 63.7 cm³/mol. The van der Waals surface area contributed by atoms with Gasteiger partial charge in [-0.25, -0.2) is 0 Å². The lowest BCUT2D eigenvalue weighted by molar-refractivity contribution is 0.0454. The zero-order chi connectivity index (χ0) is 11.2. The SMILES string of the molecule is N#Cc1ccc(OCCSC2COC2)cc1. The summed E-state index contributed by atoms with van der Waals surface area (Å²) in [7, 11) is 0. The summed E-state index contributed by atoms with van der Waals surface area (Å²) < 4.78 is 10.6. The van der Waals surface area contributed by atoms with Gasteiger partial charge in [-0.1, -0.05) is 0 Å². The summed E-state index contributed by atoms with van der Waals surface area (Å²) in [6.45, 7) is 2.45. The van der Waals surface area contributed by atoms with E-state index in [1.54, 1.807) is 12.1 Å². The molecule has 3 nitrogen and oxygen atoms in total. The molecule has 0 aliphatic carbocycles. The minimum absolute atomic E-state index is 0.657. The number of rotatable bonds is 5. The van der Waals surface area contributed by atoms with Crippen LogP contribution in [0, 0.1) is 11.3 Å². The summed E-state index contributed by atoms with van der Waals surface area (Å²) in [5.74, 6) is 1.80. The highest BCUT2D eigenvalue weighted by Gasteiger charge is 2.17. The molecule has 0 saturated carbocycles. The van der Waals surface area contributed by atoms with Crippen LogP contribution < -0.4 is 4.74 Å². The molecule has 1 saturated heterocycles. The van der Waals surface area contributed by atoms with Crippen LogP contribution in [0.4, 0.5) is 0 Å². The van der Waals surface area contributed by atoms with E-state index in [0.29, 0.717) is 17.4 Å². The molecule has 1 aliphatic heterocycles. The van der Waals surface area contributed by atoms with Gasteiger partial charge in [-0.15, -0.1) is 0 Å². The van der Waals surface area contributed by atoms with Gasteiger partial charge in [0.2, 0.25) is 0 Å². The Morgan fingerprint density at radius 2 is 2.12 bits per heavy atom. The number of hydrogen-bond acceptors (Lipinski definition) is 4. The van der Waals surface area contributed by atoms with Crippen LogP contribution in [-0.4, -0.2) is 30.8 Å². The summed E-state index contributed by atoms with van der Waals surface area (Å²) in [6.07, 6.45) is 0. The van der Waals surface area contributed by atoms with Gasteiger partial charge in [-0.05, 0) is 24.3 Å². The number of thioether (sulfide) groups is 1. The lowest BCUT2D eigenvalue weighted by Gasteiger charge is -2.25. The molecule has 0 aromatic heterocycles. The second kappa shape index (κ2) is 5.78. The average molecular weight is 235 g/mol. The second-order valence-electron chi connectivity index (χ2n) is 3.51. The highest BCUT2D eigenvalue weighted by molar-refractivity contribution is 8.00. The third-order valence-corrected chi connectivity index (χ3v) is 3.44. The maximum absolute atomic E-state index is 8.63. The van der Waals surface area contributed by atoms with E-state index in [4.69, 9.17) is 14.7 Å². The van der Waals surface area contributed by atoms with Crippen LogP contribution in [0.5, 0.6) is 5.75 Å². The molecular weight excluding hydrogens is 222 g/mol. The summed E-state index contributed by atoms with van der Waals surface area (Å²) in [5.41, 5.74) is 0.661. The number of hydrogen-bond donors (Lipinski definition) is 0. The lowest BCUT2D eigenvalue weighted by Crippen LogP contribution is -2.31. The molecule has 1 heterocycles. The smallest absolute Gasteiger partial charge is 0.119 e. The molecule has 0 atom stereocenters. The third-order valence-electron chi connectivity index (χ3n) is 2.30. The highest BCUT2D eigenvalue weighted by Crippen LogP contribution is 2.19. The van der Waals surface area contributed by atoms with E-state index in [9.17, 15) is 0 Å². The van der Waals surface area contributed by atoms with Crippen LogP contribution in [-0.2, 0) is 4.74 Å². The van der Waals surface area contributed by atoms with Crippen LogP contribution >= 0.6 is 11.8 Å². The van der Waals surface area contributed by atoms with Gasteiger partial charge in [0.05, 0.1) is 36.7 Å². The maximum Gasteiger partial charge on any atom is 0.119 e. The molecule has 4 heteroatoms. The van der Waals surface area contributed by atoms with Crippen molar-refractivity contribution in [2.24, 2.45) is 0 Å². The fourth-order valence-electron chi connectivity index (χ4n) is 1.31. The minimum atomic E-state index is 0.657. The van der Waals surface area contributed by atoms with E-state index in [-0.39, 0.29) is 0 Å². The van der Waals surface area contributed by atoms with Crippen LogP contribution in [0.2, 0.25) is 0 Å². The molecule has 16 heavy (non-hydrogen) atoms. The van der Waals surface area contributed by atoms with Gasteiger partial charge < -0.3 is 9.47 Å². The van der Waals surface area contributed by atoms with Crippen molar-refractivity contribution in [2.75, 3.05) is 25.6 Å². The fourth-order valence-corrected chi connectivity index (χ4v) is 2.21. The zero-order valence-corrected chi connectivity index (χ0v) is 9.70. The monoisotopic (exact) mass is 235 g/mol. The first-order valence-corrected chi connectivity index (χ1v) is 6.25. The Morgan fingerprint density at radius 1 is 1.38 bits per heavy atom. The normalized spacial score (nSPS) is 15.2. The first-order valence-electron chi connectivity index (χ1n) is 5.21. The molecule has 1 aromatic rings. The molecule has 1 aliphatic rings. The Morgan fingerprint density at radius 3 is 2.69 bits per heavy atom. The quantitative estimate of drug-likeness (QED) is 0.733. The molecule has 0 spiro atoms. The highest BCUT2D eigenvalue weighted by atomic mass is 32.2. The standard InChI is InChI=1S/C12H13NO2S/c13-7-10-1-3-11(4-2-10)15-5-6-16-12-8-14-9-12/h1-4,12H,5-6,8-9H2. The molecule has 0 radical (unpaired) electrons. The molecule has 0 unspecified atom stereocenters. The van der Waals surface area contributed by atoms with Crippen molar-refractivity contribution in [1.82, 2.24) is 0 Å². The topological polar surface area (TPSA) is 42.2 Å². The van der Waals surface area contributed by atoms with Gasteiger partial charge in [0.1, 0.15) is 5.75 Å². The Hall–Kier alpha value is -1.18. The molecule has 2 rings (SSSR count). The Kier molecular flexibility index (Phi) is 4.09. The van der Waals surface area contributed by atoms with Gasteiger partial charge in [-0.3, -0.25) is 0 Å². The zero-order valence-electron chi connectivity index (χ0n) is 8.89. The van der Waals surface area contributed by atoms with Crippen molar-refractivity contribution in [1.29, 1.82) is 5.26 Å². The molecule has 1 fully saturated rings. The number of ether oxygens (including phenoxy) is 2. The minimum Gasteiger partial charge on any atom is -0.493 e. The second-order valence-corrected chi connectivity index (χ2v) is 4.92. The van der Waals surface area contributed by atoms with Crippen LogP contribution in [0.3, 0.4) is 0 Å². The van der Waals surface area contributed by atoms with Crippen LogP contribution in [0.25, 0.3) is 0 Å². The first-order chi connectivity index (χ1) is 7.88. The molecular formula is C12H13NO2S. The summed E-state index contributed by atoms with van der Waals surface area (Å²) in [5, 5.41) is 9.29. The molecule has 1 aromatic carbocycles. The van der Waals surface area contributed by atoms with Crippen LogP contribution in [0.15, 0.2) is 24.3 Å². The molecule has 84 valence electrons. The Balaban J connectivity index is 1.66. The van der Waals surface area contributed by atoms with E-state index in [0.717, 1.165) is 24.7 Å². The number of benzene rings is 1. The summed E-state index contributed by atoms with van der Waals surface area (Å²) in [4.78, 5) is 0. The van der Waals surface area contributed by atoms with E-state index < -0.39 is 0 Å². The Bertz CT molecular complexity index is 368. The average Bonchev–Trinajstić information content (AvgIpc) is 2.27. The van der Waals surface area contributed by atoms with Crippen molar-refractivity contribution in [3.05, 3.63) is 29.8 Å². The van der Waals surface area contributed by atoms with Gasteiger partial charge >= 0.3 is 0 Å². The van der Waals surface area contributed by atoms with Crippen molar-refractivity contribution >= 4 is 11.8 Å². The first kappa shape index (κ1) is 11.3. The van der Waals surface area contributed by atoms with Crippen molar-refractivity contribution in [3.8, 4) is 11.8 Å². The number of nitrogens with zero attached hydrogens (tertiary/aromatic N) is 1. The van der Waals surface area contributed by atoms with Crippen LogP contribution in [0.1, 0.15) is 5.56 Å². The van der Waals surface area contributed by atoms with E-state index in [1.165, 1.54) is 0 Å². The molecule has 0 N–H and O–H groups in total. The van der Waals surface area contributed by atoms with Gasteiger partial charge in [0, 0.05) is 5.75 Å².